The lowest BCUT2D eigenvalue weighted by Crippen LogP contribution is -2.33. The van der Waals surface area contributed by atoms with Crippen molar-refractivity contribution >= 4 is 0 Å². The highest BCUT2D eigenvalue weighted by atomic mass is 16.5. The molecule has 1 N–H and O–H groups in total. The molecule has 4 nitrogen and oxygen atoms in total. The Kier molecular flexibility index (Phi) is 5.27. The topological polar surface area (TPSA) is 45.8 Å². The molecule has 1 aromatic carbocycles. The second-order valence-electron chi connectivity index (χ2n) is 5.94. The van der Waals surface area contributed by atoms with Crippen molar-refractivity contribution in [2.24, 2.45) is 5.92 Å². The molecule has 0 unspecified atom stereocenters. The molecule has 1 aliphatic heterocycles. The fraction of sp³-hybridized carbons (Fsp3) is 0.444. The molecule has 0 amide bonds. The molecule has 3 rings (SSSR count). The summed E-state index contributed by atoms with van der Waals surface area (Å²) in [6.07, 6.45) is 2.11. The summed E-state index contributed by atoms with van der Waals surface area (Å²) in [7, 11) is 0. The van der Waals surface area contributed by atoms with Crippen molar-refractivity contribution in [3.05, 3.63) is 60.1 Å². The fourth-order valence-corrected chi connectivity index (χ4v) is 2.95. The number of ether oxygens (including phenoxy) is 1. The van der Waals surface area contributed by atoms with Crippen molar-refractivity contribution in [1.29, 1.82) is 0 Å². The van der Waals surface area contributed by atoms with Crippen LogP contribution in [-0.2, 0) is 11.3 Å². The molecule has 1 aromatic heterocycles. The van der Waals surface area contributed by atoms with Crippen LogP contribution in [0.1, 0.15) is 23.8 Å². The molecule has 118 valence electrons. The van der Waals surface area contributed by atoms with Crippen LogP contribution in [-0.4, -0.2) is 36.3 Å². The molecule has 1 saturated heterocycles. The van der Waals surface area contributed by atoms with E-state index in [-0.39, 0.29) is 0 Å². The van der Waals surface area contributed by atoms with Crippen molar-refractivity contribution in [2.75, 3.05) is 26.3 Å². The van der Waals surface area contributed by atoms with Gasteiger partial charge in [0, 0.05) is 26.2 Å². The zero-order valence-corrected chi connectivity index (χ0v) is 12.7. The summed E-state index contributed by atoms with van der Waals surface area (Å²) >= 11 is 0. The molecule has 1 fully saturated rings. The molecular weight excluding hydrogens is 278 g/mol. The zero-order valence-electron chi connectivity index (χ0n) is 12.7. The van der Waals surface area contributed by atoms with Gasteiger partial charge in [0.05, 0.1) is 12.9 Å². The number of hydrogen-bond acceptors (Lipinski definition) is 4. The highest BCUT2D eigenvalue weighted by molar-refractivity contribution is 5.14. The van der Waals surface area contributed by atoms with E-state index in [1.165, 1.54) is 5.56 Å². The van der Waals surface area contributed by atoms with Crippen LogP contribution in [0.4, 0.5) is 0 Å². The Morgan fingerprint density at radius 1 is 1.18 bits per heavy atom. The second kappa shape index (κ2) is 7.58. The average Bonchev–Trinajstić information content (AvgIpc) is 3.21. The first-order valence-corrected chi connectivity index (χ1v) is 7.87. The van der Waals surface area contributed by atoms with E-state index in [2.05, 4.69) is 29.2 Å². The molecule has 0 aliphatic carbocycles. The third-order valence-corrected chi connectivity index (χ3v) is 4.09. The van der Waals surface area contributed by atoms with Crippen LogP contribution in [0.25, 0.3) is 0 Å². The number of rotatable bonds is 7. The molecule has 0 bridgehead atoms. The van der Waals surface area contributed by atoms with Gasteiger partial charge in [-0.3, -0.25) is 4.90 Å². The smallest absolute Gasteiger partial charge is 0.133 e. The van der Waals surface area contributed by atoms with Crippen LogP contribution in [0.2, 0.25) is 0 Å². The van der Waals surface area contributed by atoms with Gasteiger partial charge >= 0.3 is 0 Å². The maximum Gasteiger partial charge on any atom is 0.133 e. The summed E-state index contributed by atoms with van der Waals surface area (Å²) < 4.78 is 10.8. The lowest BCUT2D eigenvalue weighted by molar-refractivity contribution is 0.0797. The van der Waals surface area contributed by atoms with Crippen LogP contribution in [0, 0.1) is 5.92 Å². The van der Waals surface area contributed by atoms with E-state index in [4.69, 9.17) is 9.15 Å². The van der Waals surface area contributed by atoms with Crippen LogP contribution >= 0.6 is 0 Å². The van der Waals surface area contributed by atoms with Gasteiger partial charge in [-0.25, -0.2) is 0 Å². The summed E-state index contributed by atoms with van der Waals surface area (Å²) in [4.78, 5) is 2.29. The van der Waals surface area contributed by atoms with Gasteiger partial charge in [-0.15, -0.1) is 0 Å². The van der Waals surface area contributed by atoms with E-state index in [9.17, 15) is 5.11 Å². The van der Waals surface area contributed by atoms with Gasteiger partial charge in [0.15, 0.2) is 0 Å². The molecular formula is C18H23NO3. The minimum Gasteiger partial charge on any atom is -0.467 e. The largest absolute Gasteiger partial charge is 0.467 e. The Morgan fingerprint density at radius 2 is 2.05 bits per heavy atom. The standard InChI is InChI=1S/C18H23NO3/c20-17(18-7-4-9-22-18)13-19(12-16-8-10-21-14-16)11-15-5-2-1-3-6-15/h1-7,9,16-17,20H,8,10-14H2/t16-,17-/m0/s1. The Bertz CT molecular complexity index is 535. The van der Waals surface area contributed by atoms with Gasteiger partial charge in [0.25, 0.3) is 0 Å². The van der Waals surface area contributed by atoms with Crippen molar-refractivity contribution in [3.8, 4) is 0 Å². The monoisotopic (exact) mass is 301 g/mol. The summed E-state index contributed by atoms with van der Waals surface area (Å²) in [6, 6.07) is 14.0. The van der Waals surface area contributed by atoms with E-state index in [0.29, 0.717) is 18.2 Å². The van der Waals surface area contributed by atoms with E-state index < -0.39 is 6.10 Å². The van der Waals surface area contributed by atoms with E-state index in [1.807, 2.05) is 18.2 Å². The summed E-state index contributed by atoms with van der Waals surface area (Å²) in [6.45, 7) is 4.01. The van der Waals surface area contributed by atoms with E-state index in [0.717, 1.165) is 32.7 Å². The minimum atomic E-state index is -0.596. The molecule has 2 atom stereocenters. The minimum absolute atomic E-state index is 0.549. The van der Waals surface area contributed by atoms with Crippen LogP contribution in [0.15, 0.2) is 53.1 Å². The molecule has 0 radical (unpaired) electrons. The molecule has 0 saturated carbocycles. The van der Waals surface area contributed by atoms with Gasteiger partial charge < -0.3 is 14.3 Å². The Morgan fingerprint density at radius 3 is 2.73 bits per heavy atom. The van der Waals surface area contributed by atoms with Gasteiger partial charge in [-0.1, -0.05) is 30.3 Å². The number of aliphatic hydroxyl groups excluding tert-OH is 1. The Hall–Kier alpha value is -1.62. The third kappa shape index (κ3) is 4.19. The van der Waals surface area contributed by atoms with Crippen LogP contribution in [0.3, 0.4) is 0 Å². The van der Waals surface area contributed by atoms with Gasteiger partial charge in [-0.2, -0.15) is 0 Å². The molecule has 0 spiro atoms. The van der Waals surface area contributed by atoms with Gasteiger partial charge in [0.2, 0.25) is 0 Å². The van der Waals surface area contributed by atoms with Crippen molar-refractivity contribution < 1.29 is 14.3 Å². The number of hydrogen-bond donors (Lipinski definition) is 1. The van der Waals surface area contributed by atoms with Crippen molar-refractivity contribution in [3.63, 3.8) is 0 Å². The zero-order chi connectivity index (χ0) is 15.2. The maximum absolute atomic E-state index is 10.4. The van der Waals surface area contributed by atoms with E-state index in [1.54, 1.807) is 6.26 Å². The van der Waals surface area contributed by atoms with Gasteiger partial charge in [-0.05, 0) is 30.0 Å². The first kappa shape index (κ1) is 15.3. The predicted molar refractivity (Wildman–Crippen MR) is 84.3 cm³/mol. The molecule has 4 heteroatoms. The summed E-state index contributed by atoms with van der Waals surface area (Å²) in [5.74, 6) is 1.17. The SMILES string of the molecule is O[C@@H](CN(Cc1ccccc1)C[C@@H]1CCOC1)c1ccco1. The number of furan rings is 1. The lowest BCUT2D eigenvalue weighted by Gasteiger charge is -2.26. The Balaban J connectivity index is 1.64. The summed E-state index contributed by atoms with van der Waals surface area (Å²) in [5.41, 5.74) is 1.26. The third-order valence-electron chi connectivity index (χ3n) is 4.09. The highest BCUT2D eigenvalue weighted by Gasteiger charge is 2.22. The number of benzene rings is 1. The number of nitrogens with zero attached hydrogens (tertiary/aromatic N) is 1. The second-order valence-corrected chi connectivity index (χ2v) is 5.94. The molecule has 2 aromatic rings. The molecule has 2 heterocycles. The van der Waals surface area contributed by atoms with Crippen LogP contribution in [0.5, 0.6) is 0 Å². The Labute approximate surface area is 131 Å². The lowest BCUT2D eigenvalue weighted by atomic mass is 10.1. The maximum atomic E-state index is 10.4. The van der Waals surface area contributed by atoms with Crippen molar-refractivity contribution in [1.82, 2.24) is 4.90 Å². The molecule has 22 heavy (non-hydrogen) atoms. The highest BCUT2D eigenvalue weighted by Crippen LogP contribution is 2.20. The van der Waals surface area contributed by atoms with Crippen molar-refractivity contribution in [2.45, 2.75) is 19.1 Å². The van der Waals surface area contributed by atoms with E-state index >= 15 is 0 Å². The first-order valence-electron chi connectivity index (χ1n) is 7.87. The van der Waals surface area contributed by atoms with Gasteiger partial charge in [0.1, 0.15) is 11.9 Å². The predicted octanol–water partition coefficient (Wildman–Crippen LogP) is 2.85. The first-order chi connectivity index (χ1) is 10.8. The normalized spacial score (nSPS) is 19.6. The number of aliphatic hydroxyl groups is 1. The fourth-order valence-electron chi connectivity index (χ4n) is 2.95. The quantitative estimate of drug-likeness (QED) is 0.854. The molecule has 1 aliphatic rings. The van der Waals surface area contributed by atoms with Crippen LogP contribution < -0.4 is 0 Å². The summed E-state index contributed by atoms with van der Waals surface area (Å²) in [5, 5.41) is 10.4. The average molecular weight is 301 g/mol.